The average molecular weight is 326 g/mol. The Kier molecular flexibility index (Phi) is 4.38. The van der Waals surface area contributed by atoms with Crippen molar-refractivity contribution >= 4 is 5.91 Å². The van der Waals surface area contributed by atoms with Crippen LogP contribution in [0.1, 0.15) is 56.6 Å². The van der Waals surface area contributed by atoms with Gasteiger partial charge in [-0.15, -0.1) is 0 Å². The summed E-state index contributed by atoms with van der Waals surface area (Å²) in [4.78, 5) is 15.1. The maximum absolute atomic E-state index is 12.7. The zero-order valence-electron chi connectivity index (χ0n) is 14.9. The number of fused-ring (bicyclic) bond motifs is 2. The molecule has 2 fully saturated rings. The van der Waals surface area contributed by atoms with Crippen LogP contribution in [0.15, 0.2) is 24.3 Å². The average Bonchev–Trinajstić information content (AvgIpc) is 3.20. The van der Waals surface area contributed by atoms with Gasteiger partial charge in [-0.3, -0.25) is 9.69 Å². The van der Waals surface area contributed by atoms with Crippen molar-refractivity contribution in [2.45, 2.75) is 63.3 Å². The first-order valence-electron chi connectivity index (χ1n) is 9.85. The topological polar surface area (TPSA) is 32.3 Å². The van der Waals surface area contributed by atoms with Gasteiger partial charge in [0.15, 0.2) is 0 Å². The number of likely N-dealkylation sites (tertiary alicyclic amines) is 1. The highest BCUT2D eigenvalue weighted by atomic mass is 16.2. The smallest absolute Gasteiger partial charge is 0.237 e. The lowest BCUT2D eigenvalue weighted by atomic mass is 9.95. The highest BCUT2D eigenvalue weighted by Crippen LogP contribution is 2.61. The van der Waals surface area contributed by atoms with Gasteiger partial charge in [-0.2, -0.15) is 0 Å². The van der Waals surface area contributed by atoms with Gasteiger partial charge in [-0.1, -0.05) is 37.6 Å². The fraction of sp³-hybridized carbons (Fsp3) is 0.667. The summed E-state index contributed by atoms with van der Waals surface area (Å²) in [7, 11) is 0. The quantitative estimate of drug-likeness (QED) is 0.901. The van der Waals surface area contributed by atoms with E-state index in [1.54, 1.807) is 5.56 Å². The Morgan fingerprint density at radius 2 is 2.21 bits per heavy atom. The molecule has 24 heavy (non-hydrogen) atoms. The lowest BCUT2D eigenvalue weighted by molar-refractivity contribution is -0.127. The number of benzene rings is 1. The summed E-state index contributed by atoms with van der Waals surface area (Å²) in [6, 6.07) is 9.04. The van der Waals surface area contributed by atoms with Gasteiger partial charge in [0.05, 0.1) is 6.04 Å². The highest BCUT2D eigenvalue weighted by Gasteiger charge is 2.57. The van der Waals surface area contributed by atoms with E-state index in [0.717, 1.165) is 32.5 Å². The van der Waals surface area contributed by atoms with Crippen LogP contribution in [-0.4, -0.2) is 36.5 Å². The van der Waals surface area contributed by atoms with E-state index in [2.05, 4.69) is 41.4 Å². The molecule has 0 radical (unpaired) electrons. The Balaban J connectivity index is 1.34. The van der Waals surface area contributed by atoms with Gasteiger partial charge < -0.3 is 5.32 Å². The Morgan fingerprint density at radius 3 is 3.08 bits per heavy atom. The van der Waals surface area contributed by atoms with Crippen LogP contribution in [0.3, 0.4) is 0 Å². The lowest BCUT2D eigenvalue weighted by Gasteiger charge is -2.34. The van der Waals surface area contributed by atoms with Crippen molar-refractivity contribution in [1.82, 2.24) is 10.2 Å². The first kappa shape index (κ1) is 16.1. The minimum atomic E-state index is 0.115. The van der Waals surface area contributed by atoms with Gasteiger partial charge in [-0.25, -0.2) is 0 Å². The second-order valence-electron chi connectivity index (χ2n) is 8.01. The number of nitrogens with one attached hydrogen (secondary N) is 1. The normalized spacial score (nSPS) is 31.9. The Hall–Kier alpha value is -1.35. The fourth-order valence-corrected chi connectivity index (χ4v) is 5.19. The van der Waals surface area contributed by atoms with E-state index in [0.29, 0.717) is 11.3 Å². The number of aryl methyl sites for hydroxylation is 1. The predicted octanol–water partition coefficient (Wildman–Crippen LogP) is 3.27. The standard InChI is InChI=1S/C21H30N2O/c1-2-12-23-13-6-5-9-19(23)20(24)22-15-17-14-21(17)11-10-16-7-3-4-8-18(16)21/h3-4,7-8,17,19H,2,5-6,9-15H2,1H3,(H,22,24)/t17-,19-,21-/m1/s1. The van der Waals surface area contributed by atoms with E-state index >= 15 is 0 Å². The first-order chi connectivity index (χ1) is 11.7. The number of rotatable bonds is 5. The van der Waals surface area contributed by atoms with E-state index in [1.165, 1.54) is 37.7 Å². The largest absolute Gasteiger partial charge is 0.354 e. The number of nitrogens with zero attached hydrogens (tertiary/aromatic N) is 1. The van der Waals surface area contributed by atoms with Gasteiger partial charge in [0.2, 0.25) is 5.91 Å². The van der Waals surface area contributed by atoms with Crippen LogP contribution in [0.25, 0.3) is 0 Å². The Bertz CT molecular complexity index is 612. The van der Waals surface area contributed by atoms with Crippen molar-refractivity contribution < 1.29 is 4.79 Å². The summed E-state index contributed by atoms with van der Waals surface area (Å²) in [5.41, 5.74) is 3.49. The predicted molar refractivity (Wildman–Crippen MR) is 97.1 cm³/mol. The maximum atomic E-state index is 12.7. The molecule has 1 aromatic rings. The molecule has 3 atom stereocenters. The second kappa shape index (κ2) is 6.51. The molecule has 0 aromatic heterocycles. The summed E-state index contributed by atoms with van der Waals surface area (Å²) in [5, 5.41) is 3.30. The van der Waals surface area contributed by atoms with Crippen LogP contribution in [0.4, 0.5) is 0 Å². The van der Waals surface area contributed by atoms with Crippen LogP contribution in [0.2, 0.25) is 0 Å². The van der Waals surface area contributed by atoms with Crippen molar-refractivity contribution in [2.24, 2.45) is 5.92 Å². The molecule has 1 spiro atoms. The molecule has 3 heteroatoms. The molecule has 0 bridgehead atoms. The van der Waals surface area contributed by atoms with E-state index < -0.39 is 0 Å². The van der Waals surface area contributed by atoms with E-state index in [4.69, 9.17) is 0 Å². The summed E-state index contributed by atoms with van der Waals surface area (Å²) >= 11 is 0. The third-order valence-electron chi connectivity index (χ3n) is 6.58. The molecule has 4 rings (SSSR count). The number of amides is 1. The molecule has 1 aliphatic heterocycles. The second-order valence-corrected chi connectivity index (χ2v) is 8.01. The molecular weight excluding hydrogens is 296 g/mol. The molecule has 130 valence electrons. The molecule has 1 heterocycles. The van der Waals surface area contributed by atoms with Gasteiger partial charge in [0, 0.05) is 12.0 Å². The van der Waals surface area contributed by atoms with Gasteiger partial charge >= 0.3 is 0 Å². The summed E-state index contributed by atoms with van der Waals surface area (Å²) in [6.45, 7) is 5.21. The van der Waals surface area contributed by atoms with Crippen molar-refractivity contribution in [2.75, 3.05) is 19.6 Å². The van der Waals surface area contributed by atoms with Crippen LogP contribution in [0.5, 0.6) is 0 Å². The Morgan fingerprint density at radius 1 is 1.33 bits per heavy atom. The van der Waals surface area contributed by atoms with Crippen molar-refractivity contribution in [3.8, 4) is 0 Å². The van der Waals surface area contributed by atoms with Crippen molar-refractivity contribution in [3.05, 3.63) is 35.4 Å². The van der Waals surface area contributed by atoms with Crippen LogP contribution in [-0.2, 0) is 16.6 Å². The number of hydrogen-bond donors (Lipinski definition) is 1. The van der Waals surface area contributed by atoms with Crippen LogP contribution in [0, 0.1) is 5.92 Å². The van der Waals surface area contributed by atoms with E-state index in [-0.39, 0.29) is 11.9 Å². The highest BCUT2D eigenvalue weighted by molar-refractivity contribution is 5.81. The number of hydrogen-bond acceptors (Lipinski definition) is 2. The zero-order chi connectivity index (χ0) is 16.6. The van der Waals surface area contributed by atoms with Gasteiger partial charge in [0.25, 0.3) is 0 Å². The van der Waals surface area contributed by atoms with Gasteiger partial charge in [0.1, 0.15) is 0 Å². The molecule has 1 saturated carbocycles. The van der Waals surface area contributed by atoms with E-state index in [1.807, 2.05) is 0 Å². The number of carbonyl (C=O) groups is 1. The van der Waals surface area contributed by atoms with E-state index in [9.17, 15) is 4.79 Å². The molecule has 2 aliphatic carbocycles. The van der Waals surface area contributed by atoms with Crippen LogP contribution < -0.4 is 5.32 Å². The molecule has 1 amide bonds. The maximum Gasteiger partial charge on any atom is 0.237 e. The lowest BCUT2D eigenvalue weighted by Crippen LogP contribution is -2.50. The number of carbonyl (C=O) groups excluding carboxylic acids is 1. The molecule has 3 aliphatic rings. The summed E-state index contributed by atoms with van der Waals surface area (Å²) in [6.07, 6.45) is 8.35. The minimum absolute atomic E-state index is 0.115. The summed E-state index contributed by atoms with van der Waals surface area (Å²) in [5.74, 6) is 0.921. The molecule has 1 N–H and O–H groups in total. The molecule has 1 saturated heterocycles. The molecule has 3 nitrogen and oxygen atoms in total. The third-order valence-corrected chi connectivity index (χ3v) is 6.58. The molecule has 1 aromatic carbocycles. The van der Waals surface area contributed by atoms with Crippen molar-refractivity contribution in [3.63, 3.8) is 0 Å². The van der Waals surface area contributed by atoms with Crippen molar-refractivity contribution in [1.29, 1.82) is 0 Å². The molecule has 0 unspecified atom stereocenters. The zero-order valence-corrected chi connectivity index (χ0v) is 14.9. The number of piperidine rings is 1. The fourth-order valence-electron chi connectivity index (χ4n) is 5.19. The monoisotopic (exact) mass is 326 g/mol. The Labute approximate surface area is 145 Å². The third kappa shape index (κ3) is 2.77. The first-order valence-corrected chi connectivity index (χ1v) is 9.85. The van der Waals surface area contributed by atoms with Crippen LogP contribution >= 0.6 is 0 Å². The molecular formula is C21H30N2O. The minimum Gasteiger partial charge on any atom is -0.354 e. The summed E-state index contributed by atoms with van der Waals surface area (Å²) < 4.78 is 0. The van der Waals surface area contributed by atoms with Gasteiger partial charge in [-0.05, 0) is 68.7 Å². The SMILES string of the molecule is CCCN1CCCC[C@@H]1C(=O)NC[C@H]1C[C@]12CCc1ccccc12.